The van der Waals surface area contributed by atoms with Crippen LogP contribution in [0.1, 0.15) is 15.3 Å². The molecule has 22 heavy (non-hydrogen) atoms. The lowest BCUT2D eigenvalue weighted by Crippen LogP contribution is -2.19. The Bertz CT molecular complexity index is 706. The van der Waals surface area contributed by atoms with E-state index in [9.17, 15) is 4.79 Å². The molecule has 0 saturated carbocycles. The van der Waals surface area contributed by atoms with Crippen molar-refractivity contribution in [3.8, 4) is 11.5 Å². The minimum atomic E-state index is -0.110. The van der Waals surface area contributed by atoms with E-state index in [4.69, 9.17) is 9.47 Å². The van der Waals surface area contributed by atoms with Crippen molar-refractivity contribution in [3.05, 3.63) is 51.7 Å². The number of benzene rings is 1. The van der Waals surface area contributed by atoms with E-state index < -0.39 is 0 Å². The Labute approximate surface area is 133 Å². The summed E-state index contributed by atoms with van der Waals surface area (Å²) in [4.78, 5) is 14.2. The highest BCUT2D eigenvalue weighted by Crippen LogP contribution is 2.31. The fourth-order valence-electron chi connectivity index (χ4n) is 2.15. The van der Waals surface area contributed by atoms with Crippen LogP contribution in [0.3, 0.4) is 0 Å². The van der Waals surface area contributed by atoms with Crippen LogP contribution in [0.4, 0.5) is 0 Å². The van der Waals surface area contributed by atoms with Gasteiger partial charge in [0.2, 0.25) is 5.91 Å². The summed E-state index contributed by atoms with van der Waals surface area (Å²) in [6.07, 6.45) is 3.30. The summed E-state index contributed by atoms with van der Waals surface area (Å²) >= 11 is 1.69. The topological polar surface area (TPSA) is 47.6 Å². The van der Waals surface area contributed by atoms with Crippen molar-refractivity contribution < 1.29 is 14.3 Å². The summed E-state index contributed by atoms with van der Waals surface area (Å²) in [5, 5.41) is 2.87. The summed E-state index contributed by atoms with van der Waals surface area (Å²) in [5.41, 5.74) is 0.909. The number of hydrogen-bond donors (Lipinski definition) is 1. The highest BCUT2D eigenvalue weighted by Gasteiger charge is 2.10. The number of hydrogen-bond acceptors (Lipinski definition) is 4. The van der Waals surface area contributed by atoms with Crippen LogP contribution in [-0.4, -0.2) is 19.1 Å². The smallest absolute Gasteiger partial charge is 0.244 e. The summed E-state index contributed by atoms with van der Waals surface area (Å²) < 4.78 is 11.0. The van der Waals surface area contributed by atoms with Crippen LogP contribution in [0.15, 0.2) is 36.4 Å². The number of nitrogens with one attached hydrogen (secondary N) is 1. The quantitative estimate of drug-likeness (QED) is 0.882. The Hall–Kier alpha value is -2.27. The van der Waals surface area contributed by atoms with Gasteiger partial charge in [-0.1, -0.05) is 6.07 Å². The molecule has 1 aliphatic rings. The number of carbonyl (C=O) groups is 1. The molecule has 1 aliphatic heterocycles. The third kappa shape index (κ3) is 3.68. The third-order valence-corrected chi connectivity index (χ3v) is 4.23. The van der Waals surface area contributed by atoms with Crippen LogP contribution in [-0.2, 0) is 11.3 Å². The molecule has 3 rings (SSSR count). The Kier molecular flexibility index (Phi) is 4.44. The van der Waals surface area contributed by atoms with E-state index in [-0.39, 0.29) is 5.91 Å². The summed E-state index contributed by atoms with van der Waals surface area (Å²) in [7, 11) is 0. The molecule has 1 aromatic carbocycles. The number of ether oxygens (including phenoxy) is 2. The van der Waals surface area contributed by atoms with E-state index in [1.807, 2.05) is 24.3 Å². The Morgan fingerprint density at radius 3 is 2.82 bits per heavy atom. The van der Waals surface area contributed by atoms with Crippen LogP contribution < -0.4 is 14.8 Å². The number of rotatable bonds is 4. The third-order valence-electron chi connectivity index (χ3n) is 3.23. The van der Waals surface area contributed by atoms with E-state index in [1.54, 1.807) is 17.4 Å². The van der Waals surface area contributed by atoms with Crippen LogP contribution in [0.25, 0.3) is 6.08 Å². The second kappa shape index (κ2) is 6.66. The van der Waals surface area contributed by atoms with Crippen molar-refractivity contribution >= 4 is 23.3 Å². The van der Waals surface area contributed by atoms with Gasteiger partial charge in [-0.2, -0.15) is 0 Å². The molecule has 0 atom stereocenters. The zero-order valence-corrected chi connectivity index (χ0v) is 13.1. The molecule has 1 N–H and O–H groups in total. The Morgan fingerprint density at radius 2 is 2.05 bits per heavy atom. The zero-order chi connectivity index (χ0) is 15.4. The average Bonchev–Trinajstić information content (AvgIpc) is 2.96. The molecule has 0 bridgehead atoms. The van der Waals surface area contributed by atoms with E-state index in [2.05, 4.69) is 18.3 Å². The molecule has 2 heterocycles. The van der Waals surface area contributed by atoms with Crippen molar-refractivity contribution in [3.63, 3.8) is 0 Å². The second-order valence-electron chi connectivity index (χ2n) is 4.97. The number of thiophene rings is 1. The van der Waals surface area contributed by atoms with Gasteiger partial charge in [0.05, 0.1) is 6.54 Å². The first-order valence-corrected chi connectivity index (χ1v) is 7.93. The molecular formula is C17H17NO3S. The SMILES string of the molecule is Cc1ccc(CNC(=O)C=Cc2ccc3c(c2)OCCO3)s1. The summed E-state index contributed by atoms with van der Waals surface area (Å²) in [5.74, 6) is 1.37. The minimum Gasteiger partial charge on any atom is -0.486 e. The number of carbonyl (C=O) groups excluding carboxylic acids is 1. The number of amides is 1. The van der Waals surface area contributed by atoms with Crippen molar-refractivity contribution in [2.45, 2.75) is 13.5 Å². The van der Waals surface area contributed by atoms with Gasteiger partial charge in [0.25, 0.3) is 0 Å². The number of aryl methyl sites for hydroxylation is 1. The van der Waals surface area contributed by atoms with Crippen LogP contribution in [0.2, 0.25) is 0 Å². The largest absolute Gasteiger partial charge is 0.486 e. The predicted octanol–water partition coefficient (Wildman–Crippen LogP) is 3.16. The van der Waals surface area contributed by atoms with Gasteiger partial charge < -0.3 is 14.8 Å². The van der Waals surface area contributed by atoms with Crippen LogP contribution in [0, 0.1) is 6.92 Å². The average molecular weight is 315 g/mol. The highest BCUT2D eigenvalue weighted by atomic mass is 32.1. The van der Waals surface area contributed by atoms with Crippen molar-refractivity contribution in [2.24, 2.45) is 0 Å². The maximum Gasteiger partial charge on any atom is 0.244 e. The Balaban J connectivity index is 1.57. The first-order valence-electron chi connectivity index (χ1n) is 7.11. The van der Waals surface area contributed by atoms with Crippen molar-refractivity contribution in [1.29, 1.82) is 0 Å². The molecule has 0 radical (unpaired) electrons. The Morgan fingerprint density at radius 1 is 1.23 bits per heavy atom. The normalized spacial score (nSPS) is 13.3. The molecule has 1 aromatic heterocycles. The first kappa shape index (κ1) is 14.7. The fourth-order valence-corrected chi connectivity index (χ4v) is 2.98. The van der Waals surface area contributed by atoms with E-state index in [1.165, 1.54) is 11.0 Å². The fraction of sp³-hybridized carbons (Fsp3) is 0.235. The van der Waals surface area contributed by atoms with E-state index in [0.717, 1.165) is 21.9 Å². The maximum absolute atomic E-state index is 11.8. The van der Waals surface area contributed by atoms with Gasteiger partial charge >= 0.3 is 0 Å². The molecule has 5 heteroatoms. The molecule has 1 amide bonds. The van der Waals surface area contributed by atoms with Crippen molar-refractivity contribution in [2.75, 3.05) is 13.2 Å². The lowest BCUT2D eigenvalue weighted by atomic mass is 10.2. The number of fused-ring (bicyclic) bond motifs is 1. The van der Waals surface area contributed by atoms with Gasteiger partial charge in [-0.3, -0.25) is 4.79 Å². The second-order valence-corrected chi connectivity index (χ2v) is 6.34. The molecule has 0 spiro atoms. The van der Waals surface area contributed by atoms with Gasteiger partial charge in [0.15, 0.2) is 11.5 Å². The van der Waals surface area contributed by atoms with E-state index in [0.29, 0.717) is 19.8 Å². The molecule has 0 saturated heterocycles. The molecule has 0 unspecified atom stereocenters. The van der Waals surface area contributed by atoms with Gasteiger partial charge in [-0.05, 0) is 42.8 Å². The van der Waals surface area contributed by atoms with Gasteiger partial charge in [-0.25, -0.2) is 0 Å². The zero-order valence-electron chi connectivity index (χ0n) is 12.3. The lowest BCUT2D eigenvalue weighted by molar-refractivity contribution is -0.116. The standard InChI is InChI=1S/C17H17NO3S/c1-12-2-5-14(22-12)11-18-17(19)7-4-13-3-6-15-16(10-13)21-9-8-20-15/h2-7,10H,8-9,11H2,1H3,(H,18,19). The molecule has 114 valence electrons. The molecule has 0 fully saturated rings. The maximum atomic E-state index is 11.8. The van der Waals surface area contributed by atoms with Gasteiger partial charge in [0, 0.05) is 15.8 Å². The first-order chi connectivity index (χ1) is 10.7. The predicted molar refractivity (Wildman–Crippen MR) is 87.4 cm³/mol. The van der Waals surface area contributed by atoms with Gasteiger partial charge in [-0.15, -0.1) is 11.3 Å². The lowest BCUT2D eigenvalue weighted by Gasteiger charge is -2.18. The monoisotopic (exact) mass is 315 g/mol. The molecule has 4 nitrogen and oxygen atoms in total. The summed E-state index contributed by atoms with van der Waals surface area (Å²) in [6.45, 7) is 3.74. The highest BCUT2D eigenvalue weighted by molar-refractivity contribution is 7.11. The molecule has 0 aliphatic carbocycles. The van der Waals surface area contributed by atoms with E-state index >= 15 is 0 Å². The van der Waals surface area contributed by atoms with Crippen LogP contribution in [0.5, 0.6) is 11.5 Å². The van der Waals surface area contributed by atoms with Crippen molar-refractivity contribution in [1.82, 2.24) is 5.32 Å². The molecule has 2 aromatic rings. The minimum absolute atomic E-state index is 0.110. The van der Waals surface area contributed by atoms with Crippen LogP contribution >= 0.6 is 11.3 Å². The van der Waals surface area contributed by atoms with Gasteiger partial charge in [0.1, 0.15) is 13.2 Å². The molecular weight excluding hydrogens is 298 g/mol. The summed E-state index contributed by atoms with van der Waals surface area (Å²) in [6, 6.07) is 9.73.